The Hall–Kier alpha value is -0.510. The molecule has 1 aromatic rings. The minimum absolute atomic E-state index is 0.349. The van der Waals surface area contributed by atoms with Crippen LogP contribution in [0.2, 0.25) is 0 Å². The van der Waals surface area contributed by atoms with E-state index < -0.39 is 0 Å². The number of thioether (sulfide) groups is 1. The van der Waals surface area contributed by atoms with Gasteiger partial charge >= 0.3 is 0 Å². The highest BCUT2D eigenvalue weighted by atomic mass is 32.2. The minimum Gasteiger partial charge on any atom is -0.379 e. The van der Waals surface area contributed by atoms with Gasteiger partial charge in [0, 0.05) is 23.8 Å². The third-order valence-electron chi connectivity index (χ3n) is 2.58. The van der Waals surface area contributed by atoms with E-state index in [1.54, 1.807) is 0 Å². The van der Waals surface area contributed by atoms with Gasteiger partial charge in [-0.2, -0.15) is 0 Å². The largest absolute Gasteiger partial charge is 0.379 e. The first-order chi connectivity index (χ1) is 8.70. The molecule has 0 spiro atoms. The number of rotatable bonds is 9. The summed E-state index contributed by atoms with van der Waals surface area (Å²) in [5, 5.41) is 3.45. The molecule has 0 fully saturated rings. The summed E-state index contributed by atoms with van der Waals surface area (Å²) in [6, 6.07) is 8.55. The molecular formula is C15H25NOS. The number of aryl methyl sites for hydroxylation is 1. The Morgan fingerprint density at radius 1 is 1.22 bits per heavy atom. The third-order valence-corrected chi connectivity index (χ3v) is 3.76. The van der Waals surface area contributed by atoms with Crippen LogP contribution in [-0.2, 0) is 4.74 Å². The average molecular weight is 267 g/mol. The molecule has 3 heteroatoms. The van der Waals surface area contributed by atoms with Crippen molar-refractivity contribution in [2.45, 2.75) is 38.2 Å². The standard InChI is InChI=1S/C15H25NOS/c1-13(2)17-11-6-9-16-10-12-18-15-8-5-4-7-14(15)3/h4-5,7-8,13,16H,6,9-12H2,1-3H3. The van der Waals surface area contributed by atoms with E-state index in [0.717, 1.165) is 31.9 Å². The maximum Gasteiger partial charge on any atom is 0.0518 e. The zero-order valence-electron chi connectivity index (χ0n) is 11.7. The van der Waals surface area contributed by atoms with Crippen molar-refractivity contribution in [3.05, 3.63) is 29.8 Å². The van der Waals surface area contributed by atoms with Gasteiger partial charge in [-0.1, -0.05) is 18.2 Å². The number of hydrogen-bond acceptors (Lipinski definition) is 3. The minimum atomic E-state index is 0.349. The molecule has 1 N–H and O–H groups in total. The van der Waals surface area contributed by atoms with E-state index in [-0.39, 0.29) is 0 Å². The van der Waals surface area contributed by atoms with Crippen LogP contribution in [0.15, 0.2) is 29.2 Å². The lowest BCUT2D eigenvalue weighted by Gasteiger charge is -2.08. The lowest BCUT2D eigenvalue weighted by Crippen LogP contribution is -2.20. The second-order valence-corrected chi connectivity index (χ2v) is 5.77. The molecular weight excluding hydrogens is 242 g/mol. The van der Waals surface area contributed by atoms with Gasteiger partial charge in [0.2, 0.25) is 0 Å². The third kappa shape index (κ3) is 7.04. The van der Waals surface area contributed by atoms with Gasteiger partial charge in [0.05, 0.1) is 6.10 Å². The van der Waals surface area contributed by atoms with Crippen LogP contribution < -0.4 is 5.32 Å². The highest BCUT2D eigenvalue weighted by Crippen LogP contribution is 2.20. The Bertz CT molecular complexity index is 328. The molecule has 0 amide bonds. The highest BCUT2D eigenvalue weighted by Gasteiger charge is 1.97. The van der Waals surface area contributed by atoms with Gasteiger partial charge in [-0.25, -0.2) is 0 Å². The Kier molecular flexibility index (Phi) is 8.14. The van der Waals surface area contributed by atoms with Crippen molar-refractivity contribution in [3.8, 4) is 0 Å². The van der Waals surface area contributed by atoms with E-state index in [1.807, 2.05) is 11.8 Å². The lowest BCUT2D eigenvalue weighted by atomic mass is 10.2. The van der Waals surface area contributed by atoms with E-state index in [4.69, 9.17) is 4.74 Å². The van der Waals surface area contributed by atoms with Gasteiger partial charge in [0.1, 0.15) is 0 Å². The van der Waals surface area contributed by atoms with Crippen LogP contribution in [0.3, 0.4) is 0 Å². The monoisotopic (exact) mass is 267 g/mol. The van der Waals surface area contributed by atoms with Crippen LogP contribution in [0.5, 0.6) is 0 Å². The van der Waals surface area contributed by atoms with E-state index in [9.17, 15) is 0 Å². The molecule has 0 aliphatic heterocycles. The highest BCUT2D eigenvalue weighted by molar-refractivity contribution is 7.99. The summed E-state index contributed by atoms with van der Waals surface area (Å²) in [6.07, 6.45) is 1.44. The van der Waals surface area contributed by atoms with Crippen LogP contribution in [0.4, 0.5) is 0 Å². The van der Waals surface area contributed by atoms with Crippen LogP contribution in [-0.4, -0.2) is 31.6 Å². The summed E-state index contributed by atoms with van der Waals surface area (Å²) in [7, 11) is 0. The summed E-state index contributed by atoms with van der Waals surface area (Å²) in [5.74, 6) is 1.12. The van der Waals surface area contributed by atoms with Crippen molar-refractivity contribution >= 4 is 11.8 Å². The van der Waals surface area contributed by atoms with Crippen molar-refractivity contribution < 1.29 is 4.74 Å². The average Bonchev–Trinajstić information content (AvgIpc) is 2.34. The Balaban J connectivity index is 1.98. The van der Waals surface area contributed by atoms with E-state index in [1.165, 1.54) is 10.5 Å². The van der Waals surface area contributed by atoms with Crippen LogP contribution in [0, 0.1) is 6.92 Å². The van der Waals surface area contributed by atoms with Crippen molar-refractivity contribution in [2.75, 3.05) is 25.4 Å². The van der Waals surface area contributed by atoms with Crippen molar-refractivity contribution in [3.63, 3.8) is 0 Å². The van der Waals surface area contributed by atoms with Crippen LogP contribution in [0.1, 0.15) is 25.8 Å². The smallest absolute Gasteiger partial charge is 0.0518 e. The quantitative estimate of drug-likeness (QED) is 0.546. The van der Waals surface area contributed by atoms with Gasteiger partial charge in [-0.05, 0) is 45.4 Å². The molecule has 18 heavy (non-hydrogen) atoms. The normalized spacial score (nSPS) is 11.1. The Morgan fingerprint density at radius 2 is 2.00 bits per heavy atom. The van der Waals surface area contributed by atoms with Gasteiger partial charge in [0.25, 0.3) is 0 Å². The SMILES string of the molecule is Cc1ccccc1SCCNCCCOC(C)C. The van der Waals surface area contributed by atoms with Crippen molar-refractivity contribution in [2.24, 2.45) is 0 Å². The number of ether oxygens (including phenoxy) is 1. The molecule has 102 valence electrons. The number of nitrogens with one attached hydrogen (secondary N) is 1. The molecule has 0 saturated heterocycles. The molecule has 0 aliphatic carbocycles. The molecule has 0 radical (unpaired) electrons. The summed E-state index contributed by atoms with van der Waals surface area (Å²) in [4.78, 5) is 1.39. The van der Waals surface area contributed by atoms with Crippen LogP contribution >= 0.6 is 11.8 Å². The fourth-order valence-electron chi connectivity index (χ4n) is 1.59. The Labute approximate surface area is 116 Å². The van der Waals surface area contributed by atoms with E-state index in [2.05, 4.69) is 50.4 Å². The first-order valence-electron chi connectivity index (χ1n) is 6.71. The number of benzene rings is 1. The predicted molar refractivity (Wildman–Crippen MR) is 80.5 cm³/mol. The maximum atomic E-state index is 5.49. The summed E-state index contributed by atoms with van der Waals surface area (Å²) in [6.45, 7) is 9.27. The molecule has 0 saturated carbocycles. The molecule has 0 atom stereocenters. The van der Waals surface area contributed by atoms with E-state index in [0.29, 0.717) is 6.10 Å². The first kappa shape index (κ1) is 15.5. The second kappa shape index (κ2) is 9.42. The van der Waals surface area contributed by atoms with Gasteiger partial charge in [-0.3, -0.25) is 0 Å². The van der Waals surface area contributed by atoms with Gasteiger partial charge < -0.3 is 10.1 Å². The van der Waals surface area contributed by atoms with Crippen molar-refractivity contribution in [1.82, 2.24) is 5.32 Å². The fourth-order valence-corrected chi connectivity index (χ4v) is 2.53. The first-order valence-corrected chi connectivity index (χ1v) is 7.69. The summed E-state index contributed by atoms with van der Waals surface area (Å²) in [5.41, 5.74) is 1.37. The maximum absolute atomic E-state index is 5.49. The molecule has 1 aromatic carbocycles. The lowest BCUT2D eigenvalue weighted by molar-refractivity contribution is 0.0772. The summed E-state index contributed by atoms with van der Waals surface area (Å²) < 4.78 is 5.49. The molecule has 0 bridgehead atoms. The zero-order chi connectivity index (χ0) is 13.2. The fraction of sp³-hybridized carbons (Fsp3) is 0.600. The molecule has 0 unspecified atom stereocenters. The molecule has 2 nitrogen and oxygen atoms in total. The van der Waals surface area contributed by atoms with Gasteiger partial charge in [0.15, 0.2) is 0 Å². The van der Waals surface area contributed by atoms with E-state index >= 15 is 0 Å². The van der Waals surface area contributed by atoms with Gasteiger partial charge in [-0.15, -0.1) is 11.8 Å². The van der Waals surface area contributed by atoms with Crippen LogP contribution in [0.25, 0.3) is 0 Å². The topological polar surface area (TPSA) is 21.3 Å². The predicted octanol–water partition coefficient (Wildman–Crippen LogP) is 3.49. The second-order valence-electron chi connectivity index (χ2n) is 4.64. The number of hydrogen-bond donors (Lipinski definition) is 1. The molecule has 0 aliphatic rings. The van der Waals surface area contributed by atoms with Crippen molar-refractivity contribution in [1.29, 1.82) is 0 Å². The summed E-state index contributed by atoms with van der Waals surface area (Å²) >= 11 is 1.92. The zero-order valence-corrected chi connectivity index (χ0v) is 12.6. The molecule has 0 heterocycles. The Morgan fingerprint density at radius 3 is 2.72 bits per heavy atom. The molecule has 1 rings (SSSR count). The molecule has 0 aromatic heterocycles.